The Labute approximate surface area is 308 Å². The van der Waals surface area contributed by atoms with Crippen molar-refractivity contribution >= 4 is 29.5 Å². The number of aliphatic hydroxyl groups excluding tert-OH is 1. The van der Waals surface area contributed by atoms with Crippen molar-refractivity contribution in [3.05, 3.63) is 101 Å². The number of nitrogens with one attached hydrogen (secondary N) is 1. The van der Waals surface area contributed by atoms with Crippen LogP contribution in [0.25, 0.3) is 12.2 Å². The zero-order valence-corrected chi connectivity index (χ0v) is 30.1. The lowest BCUT2D eigenvalue weighted by atomic mass is 10.1. The maximum Gasteiger partial charge on any atom is 0.417 e. The number of unbranched alkanes of at least 4 members (excludes halogenated alkanes) is 7. The van der Waals surface area contributed by atoms with Crippen molar-refractivity contribution < 1.29 is 46.8 Å². The summed E-state index contributed by atoms with van der Waals surface area (Å²) in [5.74, 6) is 1.31. The van der Waals surface area contributed by atoms with E-state index in [2.05, 4.69) is 5.32 Å². The molecule has 0 fully saturated rings. The Bertz CT molecular complexity index is 1810. The van der Waals surface area contributed by atoms with E-state index >= 15 is 0 Å². The number of benzene rings is 3. The number of halogens is 3. The van der Waals surface area contributed by atoms with Crippen LogP contribution in [-0.4, -0.2) is 44.7 Å². The van der Waals surface area contributed by atoms with Crippen molar-refractivity contribution in [2.45, 2.75) is 64.0 Å². The largest absolute Gasteiger partial charge is 0.508 e. The van der Waals surface area contributed by atoms with Gasteiger partial charge in [0.15, 0.2) is 28.8 Å². The molecular weight excluding hydrogens is 689 g/mol. The molecule has 0 unspecified atom stereocenters. The van der Waals surface area contributed by atoms with E-state index in [1.807, 2.05) is 6.07 Å². The summed E-state index contributed by atoms with van der Waals surface area (Å²) in [7, 11) is 4.62. The van der Waals surface area contributed by atoms with Gasteiger partial charge in [0.1, 0.15) is 5.76 Å². The van der Waals surface area contributed by atoms with Crippen molar-refractivity contribution in [2.24, 2.45) is 0 Å². The van der Waals surface area contributed by atoms with Crippen LogP contribution in [-0.2, 0) is 15.8 Å². The fourth-order valence-corrected chi connectivity index (χ4v) is 5.27. The minimum atomic E-state index is -4.68. The van der Waals surface area contributed by atoms with Crippen molar-refractivity contribution in [2.75, 3.05) is 33.3 Å². The molecule has 53 heavy (non-hydrogen) atoms. The Balaban J connectivity index is 1.30. The van der Waals surface area contributed by atoms with E-state index in [0.29, 0.717) is 36.0 Å². The van der Waals surface area contributed by atoms with Crippen LogP contribution in [0, 0.1) is 11.3 Å². The molecule has 0 saturated carbocycles. The third-order valence-electron chi connectivity index (χ3n) is 8.06. The summed E-state index contributed by atoms with van der Waals surface area (Å²) in [6, 6.07) is 15.3. The smallest absolute Gasteiger partial charge is 0.417 e. The molecule has 0 saturated heterocycles. The number of carbonyl (C=O) groups is 2. The summed E-state index contributed by atoms with van der Waals surface area (Å²) in [5.41, 5.74) is -0.0486. The number of methoxy groups -OCH3 is 3. The standard InChI is InChI=1S/C41H45F3N2O7/c1-50-36-21-15-29(24-38(36)51-2)13-19-33(47)27-34(48)20-14-30-16-22-37(39(25-30)52-3)53-23-11-9-7-5-4-6-8-10-12-40(49)46-32-18-17-31(28-45)35(26-32)41(42,43)44/h13-22,24-27,47H,4-12,23H2,1-3H3,(H,46,49)/b19-13+,20-14+,33-27-. The minimum absolute atomic E-state index is 0.0199. The van der Waals surface area contributed by atoms with Gasteiger partial charge in [-0.15, -0.1) is 0 Å². The van der Waals surface area contributed by atoms with Gasteiger partial charge in [-0.1, -0.05) is 62.8 Å². The van der Waals surface area contributed by atoms with Crippen LogP contribution < -0.4 is 24.3 Å². The van der Waals surface area contributed by atoms with E-state index in [0.717, 1.165) is 74.3 Å². The molecule has 3 aromatic rings. The number of nitriles is 1. The first-order chi connectivity index (χ1) is 25.5. The van der Waals surface area contributed by atoms with Gasteiger partial charge in [-0.05, 0) is 78.6 Å². The van der Waals surface area contributed by atoms with Crippen LogP contribution >= 0.6 is 0 Å². The predicted octanol–water partition coefficient (Wildman–Crippen LogP) is 9.87. The number of hydrogen-bond acceptors (Lipinski definition) is 8. The van der Waals surface area contributed by atoms with Crippen LogP contribution in [0.1, 0.15) is 80.0 Å². The molecule has 12 heteroatoms. The molecule has 2 N–H and O–H groups in total. The highest BCUT2D eigenvalue weighted by Crippen LogP contribution is 2.34. The van der Waals surface area contributed by atoms with E-state index in [1.54, 1.807) is 56.7 Å². The zero-order chi connectivity index (χ0) is 38.6. The summed E-state index contributed by atoms with van der Waals surface area (Å²) in [6.07, 6.45) is 10.1. The third kappa shape index (κ3) is 14.4. The van der Waals surface area contributed by atoms with E-state index < -0.39 is 23.1 Å². The van der Waals surface area contributed by atoms with Crippen LogP contribution in [0.2, 0.25) is 0 Å². The molecule has 0 aliphatic rings. The summed E-state index contributed by atoms with van der Waals surface area (Å²) < 4.78 is 61.3. The Morgan fingerprint density at radius 1 is 0.755 bits per heavy atom. The number of alkyl halides is 3. The lowest BCUT2D eigenvalue weighted by Gasteiger charge is -2.12. The van der Waals surface area contributed by atoms with Gasteiger partial charge >= 0.3 is 6.18 Å². The highest BCUT2D eigenvalue weighted by atomic mass is 19.4. The van der Waals surface area contributed by atoms with E-state index in [1.165, 1.54) is 31.4 Å². The number of rotatable bonds is 21. The van der Waals surface area contributed by atoms with E-state index in [4.69, 9.17) is 24.2 Å². The van der Waals surface area contributed by atoms with Gasteiger partial charge in [-0.3, -0.25) is 9.59 Å². The number of nitrogens with zero attached hydrogens (tertiary/aromatic N) is 1. The molecule has 1 amide bonds. The maximum atomic E-state index is 13.1. The quantitative estimate of drug-likeness (QED) is 0.0479. The van der Waals surface area contributed by atoms with Crippen LogP contribution in [0.4, 0.5) is 18.9 Å². The van der Waals surface area contributed by atoms with Gasteiger partial charge in [-0.25, -0.2) is 0 Å². The molecule has 0 radical (unpaired) electrons. The van der Waals surface area contributed by atoms with Crippen molar-refractivity contribution in [1.82, 2.24) is 0 Å². The molecule has 3 aromatic carbocycles. The first-order valence-corrected chi connectivity index (χ1v) is 17.2. The average Bonchev–Trinajstić information content (AvgIpc) is 3.14. The number of aliphatic hydroxyl groups is 1. The monoisotopic (exact) mass is 734 g/mol. The topological polar surface area (TPSA) is 127 Å². The van der Waals surface area contributed by atoms with Crippen LogP contribution in [0.3, 0.4) is 0 Å². The third-order valence-corrected chi connectivity index (χ3v) is 8.06. The second kappa shape index (κ2) is 21.6. The lowest BCUT2D eigenvalue weighted by Crippen LogP contribution is -2.13. The Kier molecular flexibility index (Phi) is 17.0. The molecule has 0 spiro atoms. The molecule has 9 nitrogen and oxygen atoms in total. The molecule has 0 atom stereocenters. The molecule has 0 aromatic heterocycles. The molecule has 3 rings (SSSR count). The molecule has 282 valence electrons. The van der Waals surface area contributed by atoms with Gasteiger partial charge in [0.25, 0.3) is 0 Å². The fraction of sp³-hybridized carbons (Fsp3) is 0.341. The summed E-state index contributed by atoms with van der Waals surface area (Å²) in [4.78, 5) is 24.6. The highest BCUT2D eigenvalue weighted by molar-refractivity contribution is 6.02. The number of allylic oxidation sites excluding steroid dienone is 3. The van der Waals surface area contributed by atoms with Crippen LogP contribution in [0.5, 0.6) is 23.0 Å². The highest BCUT2D eigenvalue weighted by Gasteiger charge is 2.34. The fourth-order valence-electron chi connectivity index (χ4n) is 5.27. The lowest BCUT2D eigenvalue weighted by molar-refractivity contribution is -0.137. The number of anilines is 1. The van der Waals surface area contributed by atoms with Crippen molar-refractivity contribution in [3.63, 3.8) is 0 Å². The SMILES string of the molecule is COc1ccc(/C=C/C(O)=C/C(=O)/C=C/c2ccc(OCCCCCCCCCCC(=O)Nc3ccc(C#N)c(C(F)(F)F)c3)c(OC)c2)cc1OC. The van der Waals surface area contributed by atoms with Crippen molar-refractivity contribution in [3.8, 4) is 29.1 Å². The Morgan fingerprint density at radius 3 is 1.92 bits per heavy atom. The minimum Gasteiger partial charge on any atom is -0.508 e. The number of amides is 1. The Morgan fingerprint density at radius 2 is 1.32 bits per heavy atom. The first-order valence-electron chi connectivity index (χ1n) is 17.2. The second-order valence-electron chi connectivity index (χ2n) is 12.0. The number of hydrogen-bond donors (Lipinski definition) is 2. The van der Waals surface area contributed by atoms with Crippen molar-refractivity contribution in [1.29, 1.82) is 5.26 Å². The molecular formula is C41H45F3N2O7. The van der Waals surface area contributed by atoms with E-state index in [9.17, 15) is 27.9 Å². The van der Waals surface area contributed by atoms with E-state index in [-0.39, 0.29) is 23.8 Å². The van der Waals surface area contributed by atoms with Gasteiger partial charge in [0.2, 0.25) is 5.91 Å². The summed E-state index contributed by atoms with van der Waals surface area (Å²) in [5, 5.41) is 21.6. The normalized spacial score (nSPS) is 11.8. The summed E-state index contributed by atoms with van der Waals surface area (Å²) in [6.45, 7) is 0.518. The van der Waals surface area contributed by atoms with Gasteiger partial charge in [0, 0.05) is 18.2 Å². The number of ether oxygens (including phenoxy) is 4. The first kappa shape index (κ1) is 41.7. The van der Waals surface area contributed by atoms with Crippen LogP contribution in [0.15, 0.2) is 78.6 Å². The zero-order valence-electron chi connectivity index (χ0n) is 30.1. The Hall–Kier alpha value is -5.70. The van der Waals surface area contributed by atoms with Gasteiger partial charge in [0.05, 0.1) is 45.1 Å². The number of carbonyl (C=O) groups excluding carboxylic acids is 2. The maximum absolute atomic E-state index is 13.1. The number of ketones is 1. The average molecular weight is 735 g/mol. The molecule has 0 heterocycles. The predicted molar refractivity (Wildman–Crippen MR) is 198 cm³/mol. The summed E-state index contributed by atoms with van der Waals surface area (Å²) >= 11 is 0. The second-order valence-corrected chi connectivity index (χ2v) is 12.0. The van der Waals surface area contributed by atoms with Gasteiger partial charge < -0.3 is 29.4 Å². The molecule has 0 aliphatic carbocycles. The van der Waals surface area contributed by atoms with Gasteiger partial charge in [-0.2, -0.15) is 18.4 Å². The molecule has 0 bridgehead atoms. The molecule has 0 aliphatic heterocycles.